The van der Waals surface area contributed by atoms with Gasteiger partial charge in [-0.3, -0.25) is 14.4 Å². The first-order valence-corrected chi connectivity index (χ1v) is 13.8. The van der Waals surface area contributed by atoms with E-state index >= 15 is 0 Å². The summed E-state index contributed by atoms with van der Waals surface area (Å²) in [5, 5.41) is 7.00. The number of hydrogen-bond acceptors (Lipinski definition) is 5. The van der Waals surface area contributed by atoms with Crippen LogP contribution in [0.5, 0.6) is 0 Å². The number of aliphatic hydroxyl groups excluding tert-OH is 1. The van der Waals surface area contributed by atoms with Crippen molar-refractivity contribution in [3.05, 3.63) is 0 Å². The molecule has 0 saturated heterocycles. The van der Waals surface area contributed by atoms with Crippen molar-refractivity contribution < 1.29 is 25.7 Å². The zero-order valence-electron chi connectivity index (χ0n) is 28.7. The van der Waals surface area contributed by atoms with Crippen molar-refractivity contribution in [3.8, 4) is 0 Å². The predicted molar refractivity (Wildman–Crippen MR) is 188 cm³/mol. The Hall–Kier alpha value is -1.36. The van der Waals surface area contributed by atoms with E-state index in [1.807, 2.05) is 27.7 Å². The molecule has 0 aromatic carbocycles. The molecule has 41 heavy (non-hydrogen) atoms. The Morgan fingerprint density at radius 1 is 0.610 bits per heavy atom. The fourth-order valence-electron chi connectivity index (χ4n) is 3.39. The molecule has 0 aliphatic rings. The molecule has 0 aromatic rings. The molecule has 0 rings (SSSR count). The minimum absolute atomic E-state index is 0. The summed E-state index contributed by atoms with van der Waals surface area (Å²) in [6.45, 7) is 29.9. The molecule has 0 unspecified atom stereocenters. The van der Waals surface area contributed by atoms with Crippen LogP contribution in [0.2, 0.25) is 0 Å². The number of Topliss-reactive ketones (excluding diaryl/α,β-unsaturated/α-hetero) is 4. The van der Waals surface area contributed by atoms with E-state index in [1.165, 1.54) is 0 Å². The fraction of sp³-hybridized carbons (Fsp3) is 0.889. The second kappa shape index (κ2) is 34.8. The van der Waals surface area contributed by atoms with Crippen LogP contribution in [0.1, 0.15) is 186 Å². The topological polar surface area (TPSA) is 88.5 Å². The van der Waals surface area contributed by atoms with Gasteiger partial charge >= 0.3 is 0 Å². The van der Waals surface area contributed by atoms with Gasteiger partial charge in [-0.05, 0) is 35.5 Å². The summed E-state index contributed by atoms with van der Waals surface area (Å²) in [5.41, 5.74) is 0.649. The first-order chi connectivity index (χ1) is 16.8. The Labute approximate surface area is 262 Å². The van der Waals surface area contributed by atoms with Crippen molar-refractivity contribution in [2.45, 2.75) is 185 Å². The lowest BCUT2D eigenvalue weighted by Gasteiger charge is -2.31. The average Bonchev–Trinajstić information content (AvgIpc) is 2.71. The molecule has 0 aliphatic heterocycles. The summed E-state index contributed by atoms with van der Waals surface area (Å²) in [4.78, 5) is 42.7. The molecule has 256 valence electrons. The second-order valence-corrected chi connectivity index (χ2v) is 12.9. The SMILES string of the molecule is C.C.C.C.CCC(=O)CC(C)(C)C.CCC(=O)CC(C)(C)CC(C)(C)C.CCC(C)=O.CO.[2H]C(C)(C)CC(=O)CC. The van der Waals surface area contributed by atoms with Crippen molar-refractivity contribution in [2.75, 3.05) is 7.11 Å². The molecule has 0 atom stereocenters. The zero-order chi connectivity index (χ0) is 32.0. The zero-order valence-corrected chi connectivity index (χ0v) is 27.7. The Morgan fingerprint density at radius 2 is 0.902 bits per heavy atom. The van der Waals surface area contributed by atoms with Gasteiger partial charge in [0.1, 0.15) is 23.1 Å². The molecule has 5 nitrogen and oxygen atoms in total. The maximum Gasteiger partial charge on any atom is 0.133 e. The van der Waals surface area contributed by atoms with E-state index in [2.05, 4.69) is 55.4 Å². The number of carbonyl (C=O) groups is 4. The van der Waals surface area contributed by atoms with E-state index in [0.29, 0.717) is 55.5 Å². The van der Waals surface area contributed by atoms with Gasteiger partial charge in [0.05, 0.1) is 0 Å². The number of rotatable bonds is 10. The van der Waals surface area contributed by atoms with E-state index in [9.17, 15) is 19.2 Å². The minimum atomic E-state index is -0.576. The summed E-state index contributed by atoms with van der Waals surface area (Å²) >= 11 is 0. The standard InChI is InChI=1S/C12H24O.C8H16O.C7H14O.C4H8O.CH4O.4CH4/c1-7-10(13)8-12(5,6)9-11(2,3)4;1-5-7(9)6-8(2,3)4;1-4-7(8)5-6(2)3;1-3-4(2)5;1-2;;;;/h7-9H2,1-6H3;5-6H2,1-4H3;6H,4-5H2,1-3H3;3H2,1-2H3;2H,1H3;4*1H4/i;;6D;;;;;;. The van der Waals surface area contributed by atoms with Crippen molar-refractivity contribution in [3.63, 3.8) is 0 Å². The molecule has 0 bridgehead atoms. The van der Waals surface area contributed by atoms with Gasteiger partial charge in [0.2, 0.25) is 0 Å². The average molecular weight is 596 g/mol. The Kier molecular flexibility index (Phi) is 50.2. The molecule has 0 saturated carbocycles. The van der Waals surface area contributed by atoms with Crippen molar-refractivity contribution in [1.82, 2.24) is 0 Å². The molecule has 0 aromatic heterocycles. The van der Waals surface area contributed by atoms with Crippen molar-refractivity contribution >= 4 is 23.1 Å². The molecule has 0 heterocycles. The van der Waals surface area contributed by atoms with Gasteiger partial charge in [0, 0.05) is 53.4 Å². The summed E-state index contributed by atoms with van der Waals surface area (Å²) < 4.78 is 7.34. The van der Waals surface area contributed by atoms with Crippen LogP contribution in [-0.2, 0) is 19.2 Å². The van der Waals surface area contributed by atoms with Crippen LogP contribution >= 0.6 is 0 Å². The Balaban J connectivity index is -0.0000000486. The van der Waals surface area contributed by atoms with Gasteiger partial charge in [-0.1, -0.05) is 127 Å². The second-order valence-electron chi connectivity index (χ2n) is 12.9. The predicted octanol–water partition coefficient (Wildman–Crippen LogP) is 11.4. The third-order valence-corrected chi connectivity index (χ3v) is 4.64. The number of carbonyl (C=O) groups excluding carboxylic acids is 4. The lowest BCUT2D eigenvalue weighted by Crippen LogP contribution is -2.23. The van der Waals surface area contributed by atoms with Gasteiger partial charge in [0.15, 0.2) is 0 Å². The molecule has 0 fully saturated rings. The molecule has 0 radical (unpaired) electrons. The van der Waals surface area contributed by atoms with Crippen LogP contribution in [0, 0.1) is 22.1 Å². The quantitative estimate of drug-likeness (QED) is 0.271. The Morgan fingerprint density at radius 3 is 1.05 bits per heavy atom. The lowest BCUT2D eigenvalue weighted by atomic mass is 9.73. The Bertz CT molecular complexity index is 603. The largest absolute Gasteiger partial charge is 0.400 e. The molecule has 0 aliphatic carbocycles. The van der Waals surface area contributed by atoms with E-state index in [1.54, 1.807) is 20.8 Å². The van der Waals surface area contributed by atoms with Gasteiger partial charge in [-0.25, -0.2) is 0 Å². The third-order valence-electron chi connectivity index (χ3n) is 4.64. The van der Waals surface area contributed by atoms with Crippen molar-refractivity contribution in [1.29, 1.82) is 0 Å². The number of aliphatic hydroxyl groups is 1. The highest BCUT2D eigenvalue weighted by Crippen LogP contribution is 2.36. The van der Waals surface area contributed by atoms with E-state index in [0.717, 1.165) is 20.0 Å². The maximum absolute atomic E-state index is 11.3. The van der Waals surface area contributed by atoms with Gasteiger partial charge in [-0.2, -0.15) is 0 Å². The monoisotopic (exact) mass is 596 g/mol. The highest BCUT2D eigenvalue weighted by molar-refractivity contribution is 5.79. The maximum atomic E-state index is 11.3. The van der Waals surface area contributed by atoms with Crippen LogP contribution in [-0.4, -0.2) is 35.3 Å². The van der Waals surface area contributed by atoms with E-state index in [4.69, 9.17) is 6.48 Å². The number of ketones is 4. The van der Waals surface area contributed by atoms with E-state index in [-0.39, 0.29) is 52.1 Å². The molecular formula is C36H82O5. The highest BCUT2D eigenvalue weighted by atomic mass is 16.2. The molecular weight excluding hydrogens is 512 g/mol. The van der Waals surface area contributed by atoms with Crippen LogP contribution in [0.25, 0.3) is 0 Å². The summed E-state index contributed by atoms with van der Waals surface area (Å²) in [7, 11) is 1.00. The van der Waals surface area contributed by atoms with Crippen LogP contribution in [0.4, 0.5) is 0 Å². The molecule has 5 heteroatoms. The normalized spacial score (nSPS) is 10.3. The van der Waals surface area contributed by atoms with Crippen LogP contribution in [0.3, 0.4) is 0 Å². The molecule has 0 amide bonds. The summed E-state index contributed by atoms with van der Waals surface area (Å²) in [6, 6.07) is 0. The molecule has 0 spiro atoms. The highest BCUT2D eigenvalue weighted by Gasteiger charge is 2.27. The number of hydrogen-bond donors (Lipinski definition) is 1. The third kappa shape index (κ3) is 73.1. The van der Waals surface area contributed by atoms with E-state index < -0.39 is 5.89 Å². The fourth-order valence-corrected chi connectivity index (χ4v) is 3.39. The first-order valence-electron chi connectivity index (χ1n) is 14.3. The van der Waals surface area contributed by atoms with Crippen LogP contribution < -0.4 is 0 Å². The van der Waals surface area contributed by atoms with Crippen molar-refractivity contribution in [2.24, 2.45) is 22.1 Å². The molecule has 1 N–H and O–H groups in total. The first kappa shape index (κ1) is 59.1. The summed E-state index contributed by atoms with van der Waals surface area (Å²) in [6.07, 6.45) is 5.49. The lowest BCUT2D eigenvalue weighted by molar-refractivity contribution is -0.121. The smallest absolute Gasteiger partial charge is 0.133 e. The van der Waals surface area contributed by atoms with Gasteiger partial charge in [-0.15, -0.1) is 0 Å². The summed E-state index contributed by atoms with van der Waals surface area (Å²) in [5.74, 6) is 0.601. The van der Waals surface area contributed by atoms with Gasteiger partial charge < -0.3 is 9.90 Å². The minimum Gasteiger partial charge on any atom is -0.400 e. The van der Waals surface area contributed by atoms with Gasteiger partial charge in [0.25, 0.3) is 0 Å². The van der Waals surface area contributed by atoms with Crippen LogP contribution in [0.15, 0.2) is 0 Å².